The van der Waals surface area contributed by atoms with Gasteiger partial charge in [0.25, 0.3) is 5.91 Å². The molecule has 0 unspecified atom stereocenters. The highest BCUT2D eigenvalue weighted by Gasteiger charge is 2.39. The Hall–Kier alpha value is -1.55. The quantitative estimate of drug-likeness (QED) is 0.895. The van der Waals surface area contributed by atoms with E-state index in [2.05, 4.69) is 5.32 Å². The summed E-state index contributed by atoms with van der Waals surface area (Å²) in [4.78, 5) is 23.8. The van der Waals surface area contributed by atoms with E-state index in [4.69, 9.17) is 11.6 Å². The molecule has 0 aromatic heterocycles. The fraction of sp³-hybridized carbons (Fsp3) is 0.500. The molecular formula is C16H20ClNO3. The molecule has 21 heavy (non-hydrogen) atoms. The van der Waals surface area contributed by atoms with Crippen LogP contribution in [0.3, 0.4) is 0 Å². The average Bonchev–Trinajstić information content (AvgIpc) is 2.48. The van der Waals surface area contributed by atoms with Crippen LogP contribution in [0.1, 0.15) is 48.0 Å². The average molecular weight is 310 g/mol. The van der Waals surface area contributed by atoms with Crippen LogP contribution in [0.4, 0.5) is 0 Å². The summed E-state index contributed by atoms with van der Waals surface area (Å²) in [5, 5.41) is 12.8. The Balaban J connectivity index is 2.09. The van der Waals surface area contributed by atoms with Crippen LogP contribution in [0.2, 0.25) is 5.02 Å². The van der Waals surface area contributed by atoms with Crippen LogP contribution in [-0.2, 0) is 4.79 Å². The van der Waals surface area contributed by atoms with Crippen LogP contribution in [0.25, 0.3) is 0 Å². The second-order valence-corrected chi connectivity index (χ2v) is 6.15. The maximum atomic E-state index is 12.3. The first-order valence-corrected chi connectivity index (χ1v) is 7.61. The van der Waals surface area contributed by atoms with E-state index >= 15 is 0 Å². The van der Waals surface area contributed by atoms with Crippen LogP contribution >= 0.6 is 11.6 Å². The van der Waals surface area contributed by atoms with Crippen molar-refractivity contribution in [3.05, 3.63) is 34.3 Å². The second-order valence-electron chi connectivity index (χ2n) is 5.74. The summed E-state index contributed by atoms with van der Waals surface area (Å²) >= 11 is 6.01. The molecule has 0 heterocycles. The van der Waals surface area contributed by atoms with E-state index < -0.39 is 11.4 Å². The van der Waals surface area contributed by atoms with Gasteiger partial charge in [-0.1, -0.05) is 36.9 Å². The van der Waals surface area contributed by atoms with Gasteiger partial charge in [0.2, 0.25) is 0 Å². The number of hydrogen-bond acceptors (Lipinski definition) is 2. The molecule has 0 atom stereocenters. The molecule has 2 rings (SSSR count). The van der Waals surface area contributed by atoms with Crippen molar-refractivity contribution in [1.82, 2.24) is 5.32 Å². The molecule has 5 heteroatoms. The number of carboxylic acids is 1. The molecule has 0 spiro atoms. The third-order valence-electron chi connectivity index (χ3n) is 4.36. The maximum Gasteiger partial charge on any atom is 0.311 e. The highest BCUT2D eigenvalue weighted by Crippen LogP contribution is 2.36. The minimum Gasteiger partial charge on any atom is -0.481 e. The van der Waals surface area contributed by atoms with E-state index in [0.29, 0.717) is 29.0 Å². The number of amides is 1. The molecule has 1 aromatic rings. The highest BCUT2D eigenvalue weighted by molar-refractivity contribution is 6.31. The number of hydrogen-bond donors (Lipinski definition) is 2. The summed E-state index contributed by atoms with van der Waals surface area (Å²) in [5.41, 5.74) is 0.393. The Morgan fingerprint density at radius 1 is 1.29 bits per heavy atom. The number of halogens is 1. The van der Waals surface area contributed by atoms with E-state index in [9.17, 15) is 14.7 Å². The van der Waals surface area contributed by atoms with Crippen molar-refractivity contribution in [2.45, 2.75) is 39.0 Å². The molecule has 114 valence electrons. The largest absolute Gasteiger partial charge is 0.481 e. The molecule has 1 aromatic carbocycles. The third-order valence-corrected chi connectivity index (χ3v) is 4.77. The number of carbonyl (C=O) groups is 2. The first kappa shape index (κ1) is 15.8. The molecule has 4 nitrogen and oxygen atoms in total. The van der Waals surface area contributed by atoms with Crippen LogP contribution in [-0.4, -0.2) is 23.5 Å². The molecule has 0 aliphatic heterocycles. The minimum atomic E-state index is -0.819. The molecule has 0 bridgehead atoms. The number of benzene rings is 1. The van der Waals surface area contributed by atoms with E-state index in [0.717, 1.165) is 19.3 Å². The number of aliphatic carboxylic acids is 1. The predicted molar refractivity (Wildman–Crippen MR) is 81.7 cm³/mol. The molecule has 0 radical (unpaired) electrons. The SMILES string of the molecule is Cc1c(Cl)cccc1C(=O)NCC1(C(=O)O)CCCCC1. The van der Waals surface area contributed by atoms with Crippen molar-refractivity contribution >= 4 is 23.5 Å². The van der Waals surface area contributed by atoms with Gasteiger partial charge < -0.3 is 10.4 Å². The van der Waals surface area contributed by atoms with Crippen LogP contribution in [0.15, 0.2) is 18.2 Å². The summed E-state index contributed by atoms with van der Waals surface area (Å²) in [6, 6.07) is 5.15. The van der Waals surface area contributed by atoms with E-state index in [1.165, 1.54) is 0 Å². The summed E-state index contributed by atoms with van der Waals surface area (Å²) in [7, 11) is 0. The number of carbonyl (C=O) groups excluding carboxylic acids is 1. The predicted octanol–water partition coefficient (Wildman–Crippen LogP) is 3.41. The summed E-state index contributed by atoms with van der Waals surface area (Å²) in [5.74, 6) is -1.08. The van der Waals surface area contributed by atoms with Crippen LogP contribution in [0.5, 0.6) is 0 Å². The Morgan fingerprint density at radius 3 is 2.57 bits per heavy atom. The van der Waals surface area contributed by atoms with E-state index in [-0.39, 0.29) is 12.5 Å². The van der Waals surface area contributed by atoms with Crippen molar-refractivity contribution in [2.75, 3.05) is 6.54 Å². The zero-order chi connectivity index (χ0) is 15.5. The third kappa shape index (κ3) is 3.38. The number of rotatable bonds is 4. The van der Waals surface area contributed by atoms with Gasteiger partial charge >= 0.3 is 5.97 Å². The molecule has 1 fully saturated rings. The van der Waals surface area contributed by atoms with Crippen LogP contribution in [0, 0.1) is 12.3 Å². The molecule has 0 saturated heterocycles. The molecule has 1 aliphatic carbocycles. The lowest BCUT2D eigenvalue weighted by Crippen LogP contribution is -2.44. The Kier molecular flexibility index (Phi) is 4.88. The zero-order valence-corrected chi connectivity index (χ0v) is 12.9. The molecular weight excluding hydrogens is 290 g/mol. The molecule has 1 amide bonds. The van der Waals surface area contributed by atoms with Gasteiger partial charge in [-0.15, -0.1) is 0 Å². The van der Waals surface area contributed by atoms with Gasteiger partial charge in [0.15, 0.2) is 0 Å². The summed E-state index contributed by atoms with van der Waals surface area (Å²) in [6.45, 7) is 1.96. The van der Waals surface area contributed by atoms with Gasteiger partial charge in [-0.3, -0.25) is 9.59 Å². The Morgan fingerprint density at radius 2 is 1.95 bits per heavy atom. The molecule has 1 saturated carbocycles. The number of nitrogens with one attached hydrogen (secondary N) is 1. The fourth-order valence-electron chi connectivity index (χ4n) is 2.89. The monoisotopic (exact) mass is 309 g/mol. The van der Waals surface area contributed by atoms with Crippen molar-refractivity contribution in [1.29, 1.82) is 0 Å². The lowest BCUT2D eigenvalue weighted by atomic mass is 9.74. The topological polar surface area (TPSA) is 66.4 Å². The van der Waals surface area contributed by atoms with Gasteiger partial charge in [-0.25, -0.2) is 0 Å². The standard InChI is InChI=1S/C16H20ClNO3/c1-11-12(6-5-7-13(11)17)14(19)18-10-16(15(20)21)8-3-2-4-9-16/h5-7H,2-4,8-10H2,1H3,(H,18,19)(H,20,21). The normalized spacial score (nSPS) is 17.2. The minimum absolute atomic E-state index is 0.174. The second kappa shape index (κ2) is 6.48. The first-order chi connectivity index (χ1) is 9.96. The van der Waals surface area contributed by atoms with Crippen molar-refractivity contribution in [3.8, 4) is 0 Å². The lowest BCUT2D eigenvalue weighted by Gasteiger charge is -2.33. The van der Waals surface area contributed by atoms with Gasteiger partial charge in [-0.05, 0) is 37.5 Å². The zero-order valence-electron chi connectivity index (χ0n) is 12.1. The molecule has 1 aliphatic rings. The van der Waals surface area contributed by atoms with Crippen LogP contribution < -0.4 is 5.32 Å². The highest BCUT2D eigenvalue weighted by atomic mass is 35.5. The summed E-state index contributed by atoms with van der Waals surface area (Å²) in [6.07, 6.45) is 4.11. The summed E-state index contributed by atoms with van der Waals surface area (Å²) < 4.78 is 0. The van der Waals surface area contributed by atoms with E-state index in [1.54, 1.807) is 25.1 Å². The van der Waals surface area contributed by atoms with Gasteiger partial charge in [0.1, 0.15) is 0 Å². The van der Waals surface area contributed by atoms with Gasteiger partial charge in [0, 0.05) is 17.1 Å². The smallest absolute Gasteiger partial charge is 0.311 e. The van der Waals surface area contributed by atoms with Gasteiger partial charge in [0.05, 0.1) is 5.41 Å². The fourth-order valence-corrected chi connectivity index (χ4v) is 3.07. The maximum absolute atomic E-state index is 12.3. The Bertz CT molecular complexity index is 550. The van der Waals surface area contributed by atoms with Gasteiger partial charge in [-0.2, -0.15) is 0 Å². The lowest BCUT2D eigenvalue weighted by molar-refractivity contribution is -0.150. The Labute approximate surface area is 129 Å². The van der Waals surface area contributed by atoms with Crippen molar-refractivity contribution < 1.29 is 14.7 Å². The van der Waals surface area contributed by atoms with Crippen molar-refractivity contribution in [2.24, 2.45) is 5.41 Å². The van der Waals surface area contributed by atoms with Crippen molar-refractivity contribution in [3.63, 3.8) is 0 Å². The number of carboxylic acid groups (broad SMARTS) is 1. The first-order valence-electron chi connectivity index (χ1n) is 7.23. The molecule has 2 N–H and O–H groups in total. The van der Waals surface area contributed by atoms with E-state index in [1.807, 2.05) is 0 Å².